The van der Waals surface area contributed by atoms with Crippen molar-refractivity contribution in [2.45, 2.75) is 5.41 Å². The summed E-state index contributed by atoms with van der Waals surface area (Å²) >= 11 is 0. The van der Waals surface area contributed by atoms with Crippen molar-refractivity contribution in [2.75, 3.05) is 4.90 Å². The van der Waals surface area contributed by atoms with E-state index in [-0.39, 0.29) is 0 Å². The van der Waals surface area contributed by atoms with Crippen LogP contribution in [-0.4, -0.2) is 0 Å². The van der Waals surface area contributed by atoms with Gasteiger partial charge in [-0.05, 0) is 143 Å². The highest BCUT2D eigenvalue weighted by Gasteiger charge is 2.46. The Morgan fingerprint density at radius 3 is 1.19 bits per heavy atom. The second kappa shape index (κ2) is 14.6. The van der Waals surface area contributed by atoms with Gasteiger partial charge in [0.25, 0.3) is 0 Å². The smallest absolute Gasteiger partial charge is 0.0713 e. The summed E-state index contributed by atoms with van der Waals surface area (Å²) < 4.78 is 0. The van der Waals surface area contributed by atoms with Crippen molar-refractivity contribution in [3.63, 3.8) is 0 Å². The van der Waals surface area contributed by atoms with E-state index in [4.69, 9.17) is 0 Å². The van der Waals surface area contributed by atoms with E-state index in [1.807, 2.05) is 0 Å². The van der Waals surface area contributed by atoms with Gasteiger partial charge in [-0.15, -0.1) is 0 Å². The zero-order chi connectivity index (χ0) is 41.0. The van der Waals surface area contributed by atoms with Gasteiger partial charge in [0.15, 0.2) is 0 Å². The maximum atomic E-state index is 2.46. The van der Waals surface area contributed by atoms with E-state index in [0.717, 1.165) is 17.1 Å². The van der Waals surface area contributed by atoms with Crippen LogP contribution < -0.4 is 4.90 Å². The maximum absolute atomic E-state index is 2.46. The van der Waals surface area contributed by atoms with Gasteiger partial charge in [-0.2, -0.15) is 0 Å². The molecule has 0 aliphatic heterocycles. The minimum Gasteiger partial charge on any atom is -0.311 e. The van der Waals surface area contributed by atoms with Crippen molar-refractivity contribution in [3.8, 4) is 33.4 Å². The molecule has 11 aromatic carbocycles. The van der Waals surface area contributed by atoms with Crippen LogP contribution >= 0.6 is 0 Å². The van der Waals surface area contributed by atoms with Crippen molar-refractivity contribution in [3.05, 3.63) is 271 Å². The Kier molecular flexibility index (Phi) is 8.47. The molecular formula is C61H41N. The highest BCUT2D eigenvalue weighted by Crippen LogP contribution is 2.57. The third-order valence-corrected chi connectivity index (χ3v) is 13.1. The summed E-state index contributed by atoms with van der Waals surface area (Å²) in [6.07, 6.45) is 0. The third kappa shape index (κ3) is 5.56. The first-order valence-corrected chi connectivity index (χ1v) is 21.5. The Balaban J connectivity index is 1.03. The number of benzene rings is 11. The second-order valence-corrected chi connectivity index (χ2v) is 16.4. The fraction of sp³-hybridized carbons (Fsp3) is 0.0164. The lowest BCUT2D eigenvalue weighted by atomic mass is 9.67. The summed E-state index contributed by atoms with van der Waals surface area (Å²) in [5.74, 6) is 0. The lowest BCUT2D eigenvalue weighted by Crippen LogP contribution is -2.28. The monoisotopic (exact) mass is 787 g/mol. The molecule has 1 aliphatic carbocycles. The number of nitrogens with zero attached hydrogens (tertiary/aromatic N) is 1. The molecule has 0 radical (unpaired) electrons. The molecule has 0 N–H and O–H groups in total. The molecule has 290 valence electrons. The minimum atomic E-state index is -0.426. The Bertz CT molecular complexity index is 3350. The van der Waals surface area contributed by atoms with Crippen LogP contribution in [0.15, 0.2) is 249 Å². The zero-order valence-electron chi connectivity index (χ0n) is 34.1. The molecule has 0 atom stereocenters. The number of para-hydroxylation sites is 2. The van der Waals surface area contributed by atoms with Crippen LogP contribution in [0.1, 0.15) is 22.3 Å². The first kappa shape index (κ1) is 35.9. The number of fused-ring (bicyclic) bond motifs is 8. The summed E-state index contributed by atoms with van der Waals surface area (Å²) in [6.45, 7) is 0. The van der Waals surface area contributed by atoms with Crippen molar-refractivity contribution in [1.29, 1.82) is 0 Å². The van der Waals surface area contributed by atoms with Gasteiger partial charge in [-0.1, -0.05) is 194 Å². The molecular weight excluding hydrogens is 747 g/mol. The van der Waals surface area contributed by atoms with Gasteiger partial charge in [-0.25, -0.2) is 0 Å². The van der Waals surface area contributed by atoms with Crippen LogP contribution in [0, 0.1) is 0 Å². The van der Waals surface area contributed by atoms with E-state index in [9.17, 15) is 0 Å². The number of rotatable bonds is 7. The fourth-order valence-corrected chi connectivity index (χ4v) is 10.4. The Labute approximate surface area is 362 Å². The van der Waals surface area contributed by atoms with Crippen molar-refractivity contribution in [1.82, 2.24) is 0 Å². The van der Waals surface area contributed by atoms with Crippen LogP contribution in [0.25, 0.3) is 65.7 Å². The van der Waals surface area contributed by atoms with Crippen molar-refractivity contribution >= 4 is 49.4 Å². The molecule has 0 bridgehead atoms. The molecule has 11 aromatic rings. The summed E-state index contributed by atoms with van der Waals surface area (Å²) in [5.41, 5.74) is 15.6. The van der Waals surface area contributed by atoms with Gasteiger partial charge in [0.05, 0.1) is 5.41 Å². The molecule has 1 nitrogen and oxygen atoms in total. The van der Waals surface area contributed by atoms with Crippen LogP contribution in [0.5, 0.6) is 0 Å². The standard InChI is InChI=1S/C61H41N/c1-5-19-44(20-6-1)61(45-21-7-2-8-22-45)59-32-18-17-31-53(59)58-39-43(35-38-60(58)61)55-41-57-51-29-15-13-27-49(51)54(40-56(57)52-30-16-14-28-50(52)55)42-33-36-48(37-34-42)62(46-23-9-3-10-24-46)47-25-11-4-12-26-47/h1-41H. The SMILES string of the molecule is c1ccc(N(c2ccccc2)c2ccc(-c3cc4c5ccccc5c(-c5ccc6c(c5)-c5ccccc5C6(c5ccccc5)c5ccccc5)cc4c4ccccc34)cc2)cc1. The average molecular weight is 788 g/mol. The molecule has 0 saturated carbocycles. The van der Waals surface area contributed by atoms with Gasteiger partial charge in [-0.3, -0.25) is 0 Å². The molecule has 1 aliphatic rings. The second-order valence-electron chi connectivity index (χ2n) is 16.4. The van der Waals surface area contributed by atoms with Crippen molar-refractivity contribution in [2.24, 2.45) is 0 Å². The van der Waals surface area contributed by atoms with Gasteiger partial charge in [0.2, 0.25) is 0 Å². The maximum Gasteiger partial charge on any atom is 0.0713 e. The first-order valence-electron chi connectivity index (χ1n) is 21.5. The first-order chi connectivity index (χ1) is 30.8. The Hall–Kier alpha value is -8.00. The quantitative estimate of drug-likeness (QED) is 0.145. The zero-order valence-corrected chi connectivity index (χ0v) is 34.1. The number of anilines is 3. The molecule has 12 rings (SSSR count). The molecule has 0 amide bonds. The van der Waals surface area contributed by atoms with E-state index in [1.54, 1.807) is 0 Å². The van der Waals surface area contributed by atoms with Crippen LogP contribution in [0.3, 0.4) is 0 Å². The summed E-state index contributed by atoms with van der Waals surface area (Å²) in [6, 6.07) is 91.4. The molecule has 62 heavy (non-hydrogen) atoms. The fourth-order valence-electron chi connectivity index (χ4n) is 10.4. The van der Waals surface area contributed by atoms with Gasteiger partial charge >= 0.3 is 0 Å². The minimum absolute atomic E-state index is 0.426. The highest BCUT2D eigenvalue weighted by molar-refractivity contribution is 6.24. The van der Waals surface area contributed by atoms with Gasteiger partial charge < -0.3 is 4.90 Å². The highest BCUT2D eigenvalue weighted by atomic mass is 15.1. The average Bonchev–Trinajstić information content (AvgIpc) is 3.65. The predicted octanol–water partition coefficient (Wildman–Crippen LogP) is 16.3. The number of hydrogen-bond acceptors (Lipinski definition) is 1. The van der Waals surface area contributed by atoms with Crippen LogP contribution in [0.4, 0.5) is 17.1 Å². The van der Waals surface area contributed by atoms with Crippen molar-refractivity contribution < 1.29 is 0 Å². The van der Waals surface area contributed by atoms with Crippen LogP contribution in [-0.2, 0) is 5.41 Å². The molecule has 0 aromatic heterocycles. The molecule has 0 unspecified atom stereocenters. The topological polar surface area (TPSA) is 3.24 Å². The largest absolute Gasteiger partial charge is 0.311 e. The summed E-state index contributed by atoms with van der Waals surface area (Å²) in [5, 5.41) is 7.53. The van der Waals surface area contributed by atoms with E-state index < -0.39 is 5.41 Å². The van der Waals surface area contributed by atoms with Gasteiger partial charge in [0, 0.05) is 17.1 Å². The number of hydrogen-bond donors (Lipinski definition) is 0. The summed E-state index contributed by atoms with van der Waals surface area (Å²) in [4.78, 5) is 2.32. The molecule has 0 fully saturated rings. The lowest BCUT2D eigenvalue weighted by Gasteiger charge is -2.33. The lowest BCUT2D eigenvalue weighted by molar-refractivity contribution is 0.768. The Morgan fingerprint density at radius 2 is 0.645 bits per heavy atom. The van der Waals surface area contributed by atoms with E-state index in [0.29, 0.717) is 0 Å². The molecule has 0 spiro atoms. The van der Waals surface area contributed by atoms with E-state index in [1.165, 1.54) is 88.0 Å². The Morgan fingerprint density at radius 1 is 0.242 bits per heavy atom. The summed E-state index contributed by atoms with van der Waals surface area (Å²) in [7, 11) is 0. The predicted molar refractivity (Wildman–Crippen MR) is 262 cm³/mol. The molecule has 0 saturated heterocycles. The normalized spacial score (nSPS) is 12.6. The molecule has 0 heterocycles. The van der Waals surface area contributed by atoms with Gasteiger partial charge in [0.1, 0.15) is 0 Å². The van der Waals surface area contributed by atoms with E-state index >= 15 is 0 Å². The molecule has 1 heteroatoms. The third-order valence-electron chi connectivity index (χ3n) is 13.1. The van der Waals surface area contributed by atoms with E-state index in [2.05, 4.69) is 254 Å². The van der Waals surface area contributed by atoms with Crippen LogP contribution in [0.2, 0.25) is 0 Å².